The number of pyridine rings is 3. The molecular weight excluding hydrogens is 498 g/mol. The van der Waals surface area contributed by atoms with E-state index in [0.717, 1.165) is 18.2 Å². The van der Waals surface area contributed by atoms with Gasteiger partial charge in [-0.1, -0.05) is 12.1 Å². The molecule has 0 N–H and O–H groups in total. The van der Waals surface area contributed by atoms with E-state index in [1.165, 1.54) is 18.2 Å². The number of alkyl halides is 6. The summed E-state index contributed by atoms with van der Waals surface area (Å²) in [5.41, 5.74) is -4.66. The summed E-state index contributed by atoms with van der Waals surface area (Å²) in [4.78, 5) is 14.6. The first-order valence-corrected chi connectivity index (χ1v) is 10.2. The minimum Gasteiger partial charge on any atom is -0.278 e. The van der Waals surface area contributed by atoms with E-state index in [-0.39, 0.29) is 21.5 Å². The molecule has 188 valence electrons. The van der Waals surface area contributed by atoms with E-state index in [9.17, 15) is 35.1 Å². The van der Waals surface area contributed by atoms with Crippen molar-refractivity contribution in [3.8, 4) is 17.1 Å². The molecule has 0 aromatic carbocycles. The number of halogens is 8. The summed E-state index contributed by atoms with van der Waals surface area (Å²) in [5.74, 6) is -2.54. The van der Waals surface area contributed by atoms with Crippen LogP contribution < -0.4 is 0 Å². The zero-order chi connectivity index (χ0) is 26.5. The second-order valence-electron chi connectivity index (χ2n) is 8.19. The highest BCUT2D eigenvalue weighted by molar-refractivity contribution is 5.59. The number of rotatable bonds is 4. The third kappa shape index (κ3) is 4.64. The Balaban J connectivity index is 1.79. The topological polar surface area (TPSA) is 56.5 Å². The lowest BCUT2D eigenvalue weighted by molar-refractivity contribution is -0.166. The molecule has 0 aliphatic rings. The minimum atomic E-state index is -5.36. The summed E-state index contributed by atoms with van der Waals surface area (Å²) in [5, 5.41) is 0. The van der Waals surface area contributed by atoms with Gasteiger partial charge in [-0.2, -0.15) is 40.1 Å². The van der Waals surface area contributed by atoms with E-state index < -0.39 is 46.9 Å². The highest BCUT2D eigenvalue weighted by atomic mass is 19.4. The minimum absolute atomic E-state index is 0.0799. The van der Waals surface area contributed by atoms with Crippen molar-refractivity contribution in [1.29, 1.82) is 0 Å². The third-order valence-corrected chi connectivity index (χ3v) is 5.41. The molecule has 0 saturated heterocycles. The highest BCUT2D eigenvalue weighted by Crippen LogP contribution is 2.40. The van der Waals surface area contributed by atoms with Gasteiger partial charge in [-0.3, -0.25) is 9.55 Å². The molecule has 0 unspecified atom stereocenters. The molecule has 5 nitrogen and oxygen atoms in total. The van der Waals surface area contributed by atoms with Gasteiger partial charge in [0.05, 0.1) is 22.6 Å². The number of imidazole rings is 1. The van der Waals surface area contributed by atoms with Crippen molar-refractivity contribution in [2.24, 2.45) is 0 Å². The van der Waals surface area contributed by atoms with Crippen molar-refractivity contribution >= 4 is 0 Å². The van der Waals surface area contributed by atoms with Crippen LogP contribution in [0.3, 0.4) is 0 Å². The second kappa shape index (κ2) is 8.64. The quantitative estimate of drug-likeness (QED) is 0.235. The number of aromatic nitrogens is 5. The van der Waals surface area contributed by atoms with E-state index in [1.807, 2.05) is 0 Å². The molecule has 4 aromatic heterocycles. The molecule has 4 heterocycles. The molecule has 13 heteroatoms. The summed E-state index contributed by atoms with van der Waals surface area (Å²) in [6, 6.07) is 10.6. The molecule has 0 saturated carbocycles. The highest BCUT2D eigenvalue weighted by Gasteiger charge is 2.48. The summed E-state index contributed by atoms with van der Waals surface area (Å²) in [6.07, 6.45) is -10.3. The molecular formula is C23H15F8N5. The zero-order valence-electron chi connectivity index (χ0n) is 18.5. The van der Waals surface area contributed by atoms with E-state index >= 15 is 0 Å². The van der Waals surface area contributed by atoms with Crippen LogP contribution in [-0.4, -0.2) is 24.5 Å². The molecule has 0 aliphatic heterocycles. The Hall–Kier alpha value is -3.90. The molecule has 0 amide bonds. The van der Waals surface area contributed by atoms with Gasteiger partial charge in [-0.25, -0.2) is 9.97 Å². The van der Waals surface area contributed by atoms with Gasteiger partial charge in [0, 0.05) is 5.41 Å². The lowest BCUT2D eigenvalue weighted by Gasteiger charge is -2.25. The lowest BCUT2D eigenvalue weighted by Crippen LogP contribution is -2.24. The van der Waals surface area contributed by atoms with Crippen LogP contribution in [0.4, 0.5) is 35.1 Å². The standard InChI is InChI=1S/C23H15F8N5/c1-21(2,14-6-3-5-13(33-14)12-9-10-16(24)35-20(12)25)15-7-4-8-17(34-15)36-11-32-18(22(26,27)28)19(36)23(29,30)31/h3-11H,1-2H3. The predicted molar refractivity (Wildman–Crippen MR) is 111 cm³/mol. The Morgan fingerprint density at radius 2 is 1.36 bits per heavy atom. The normalized spacial score (nSPS) is 12.7. The monoisotopic (exact) mass is 513 g/mol. The van der Waals surface area contributed by atoms with Crippen molar-refractivity contribution < 1.29 is 35.1 Å². The first kappa shape index (κ1) is 25.2. The molecule has 0 fully saturated rings. The predicted octanol–water partition coefficient (Wildman–Crippen LogP) is 6.37. The maximum atomic E-state index is 14.2. The summed E-state index contributed by atoms with van der Waals surface area (Å²) in [7, 11) is 0. The first-order chi connectivity index (χ1) is 16.7. The van der Waals surface area contributed by atoms with E-state index in [1.54, 1.807) is 26.0 Å². The Morgan fingerprint density at radius 3 is 1.97 bits per heavy atom. The van der Waals surface area contributed by atoms with Gasteiger partial charge in [0.1, 0.15) is 12.1 Å². The summed E-state index contributed by atoms with van der Waals surface area (Å²) < 4.78 is 108. The fourth-order valence-corrected chi connectivity index (χ4v) is 3.57. The van der Waals surface area contributed by atoms with Crippen LogP contribution in [0.25, 0.3) is 17.1 Å². The van der Waals surface area contributed by atoms with Crippen LogP contribution in [0.5, 0.6) is 0 Å². The summed E-state index contributed by atoms with van der Waals surface area (Å²) >= 11 is 0. The number of nitrogens with zero attached hydrogens (tertiary/aromatic N) is 5. The van der Waals surface area contributed by atoms with Crippen LogP contribution in [0.2, 0.25) is 0 Å². The number of hydrogen-bond acceptors (Lipinski definition) is 4. The van der Waals surface area contributed by atoms with Crippen LogP contribution >= 0.6 is 0 Å². The maximum absolute atomic E-state index is 14.2. The van der Waals surface area contributed by atoms with Gasteiger partial charge >= 0.3 is 12.4 Å². The molecule has 0 spiro atoms. The SMILES string of the molecule is CC(C)(c1cccc(-c2ccc(F)nc2F)n1)c1cccc(-n2cnc(C(F)(F)F)c2C(F)(F)F)n1. The van der Waals surface area contributed by atoms with E-state index in [4.69, 9.17) is 0 Å². The zero-order valence-corrected chi connectivity index (χ0v) is 18.5. The molecule has 0 aliphatic carbocycles. The Bertz CT molecular complexity index is 1420. The maximum Gasteiger partial charge on any atom is 0.435 e. The Kier molecular flexibility index (Phi) is 6.05. The second-order valence-corrected chi connectivity index (χ2v) is 8.19. The molecule has 0 radical (unpaired) electrons. The van der Waals surface area contributed by atoms with E-state index in [0.29, 0.717) is 12.0 Å². The van der Waals surface area contributed by atoms with E-state index in [2.05, 4.69) is 19.9 Å². The van der Waals surface area contributed by atoms with Crippen LogP contribution in [0.1, 0.15) is 36.6 Å². The fourth-order valence-electron chi connectivity index (χ4n) is 3.57. The van der Waals surface area contributed by atoms with Gasteiger partial charge in [-0.05, 0) is 50.2 Å². The molecule has 4 aromatic rings. The molecule has 0 bridgehead atoms. The van der Waals surface area contributed by atoms with Gasteiger partial charge in [-0.15, -0.1) is 0 Å². The van der Waals surface area contributed by atoms with Gasteiger partial charge in [0.25, 0.3) is 0 Å². The molecule has 0 atom stereocenters. The third-order valence-electron chi connectivity index (χ3n) is 5.41. The smallest absolute Gasteiger partial charge is 0.278 e. The molecule has 4 rings (SSSR count). The van der Waals surface area contributed by atoms with Crippen LogP contribution in [0.15, 0.2) is 54.9 Å². The van der Waals surface area contributed by atoms with Crippen molar-refractivity contribution in [3.05, 3.63) is 89.5 Å². The summed E-state index contributed by atoms with van der Waals surface area (Å²) in [6.45, 7) is 3.26. The van der Waals surface area contributed by atoms with Gasteiger partial charge < -0.3 is 0 Å². The van der Waals surface area contributed by atoms with Crippen LogP contribution in [0, 0.1) is 11.9 Å². The van der Waals surface area contributed by atoms with Gasteiger partial charge in [0.2, 0.25) is 11.9 Å². The Morgan fingerprint density at radius 1 is 0.722 bits per heavy atom. The largest absolute Gasteiger partial charge is 0.435 e. The fraction of sp³-hybridized carbons (Fsp3) is 0.217. The molecule has 36 heavy (non-hydrogen) atoms. The van der Waals surface area contributed by atoms with Crippen molar-refractivity contribution in [2.45, 2.75) is 31.6 Å². The Labute approximate surface area is 198 Å². The average molecular weight is 513 g/mol. The van der Waals surface area contributed by atoms with Gasteiger partial charge in [0.15, 0.2) is 11.4 Å². The average Bonchev–Trinajstić information content (AvgIpc) is 3.26. The lowest BCUT2D eigenvalue weighted by atomic mass is 9.84. The van der Waals surface area contributed by atoms with Crippen molar-refractivity contribution in [3.63, 3.8) is 0 Å². The number of hydrogen-bond donors (Lipinski definition) is 0. The first-order valence-electron chi connectivity index (χ1n) is 10.2. The van der Waals surface area contributed by atoms with Crippen molar-refractivity contribution in [1.82, 2.24) is 24.5 Å². The van der Waals surface area contributed by atoms with Crippen molar-refractivity contribution in [2.75, 3.05) is 0 Å². The van der Waals surface area contributed by atoms with Crippen LogP contribution in [-0.2, 0) is 17.8 Å².